The molecular weight excluding hydrogens is 256 g/mol. The maximum atomic E-state index is 11.9. The van der Waals surface area contributed by atoms with Crippen molar-refractivity contribution in [2.75, 3.05) is 19.3 Å². The number of rotatable bonds is 7. The van der Waals surface area contributed by atoms with Crippen LogP contribution in [-0.4, -0.2) is 49.3 Å². The Hall–Kier alpha value is -1.08. The van der Waals surface area contributed by atoms with Crippen LogP contribution < -0.4 is 5.32 Å². The predicted molar refractivity (Wildman–Crippen MR) is 68.9 cm³/mol. The van der Waals surface area contributed by atoms with Crippen molar-refractivity contribution in [3.63, 3.8) is 0 Å². The molecule has 0 aromatic carbocycles. The van der Waals surface area contributed by atoms with E-state index in [4.69, 9.17) is 5.11 Å². The third-order valence-corrected chi connectivity index (χ3v) is 5.16. The summed E-state index contributed by atoms with van der Waals surface area (Å²) in [6.45, 7) is 3.99. The van der Waals surface area contributed by atoms with Gasteiger partial charge >= 0.3 is 6.09 Å². The van der Waals surface area contributed by atoms with Crippen LogP contribution in [0.5, 0.6) is 0 Å². The summed E-state index contributed by atoms with van der Waals surface area (Å²) in [5.41, 5.74) is 0. The average molecular weight is 276 g/mol. The minimum Gasteiger partial charge on any atom is -0.465 e. The van der Waals surface area contributed by atoms with Gasteiger partial charge in [0.25, 0.3) is 0 Å². The largest absolute Gasteiger partial charge is 0.465 e. The van der Waals surface area contributed by atoms with Crippen LogP contribution in [0.1, 0.15) is 19.3 Å². The fourth-order valence-electron chi connectivity index (χ4n) is 2.00. The molecule has 1 saturated carbocycles. The summed E-state index contributed by atoms with van der Waals surface area (Å²) in [7, 11) is -1.67. The summed E-state index contributed by atoms with van der Waals surface area (Å²) >= 11 is 0. The summed E-state index contributed by atoms with van der Waals surface area (Å²) < 4.78 is 25.2. The smallest absolute Gasteiger partial charge is 0.404 e. The Bertz CT molecular complexity index is 401. The van der Waals surface area contributed by atoms with E-state index in [9.17, 15) is 13.2 Å². The lowest BCUT2D eigenvalue weighted by atomic mass is 9.82. The van der Waals surface area contributed by atoms with Gasteiger partial charge in [-0.3, -0.25) is 0 Å². The van der Waals surface area contributed by atoms with Gasteiger partial charge in [0, 0.05) is 19.6 Å². The van der Waals surface area contributed by atoms with E-state index in [1.54, 1.807) is 13.1 Å². The Kier molecular flexibility index (Phi) is 5.15. The lowest BCUT2D eigenvalue weighted by Gasteiger charge is -2.35. The molecule has 1 amide bonds. The van der Waals surface area contributed by atoms with E-state index in [1.807, 2.05) is 0 Å². The molecule has 1 rings (SSSR count). The molecule has 0 aliphatic heterocycles. The minimum atomic E-state index is -3.23. The zero-order valence-electron chi connectivity index (χ0n) is 10.5. The van der Waals surface area contributed by atoms with Crippen LogP contribution in [0.25, 0.3) is 0 Å². The molecule has 1 aliphatic rings. The van der Waals surface area contributed by atoms with E-state index in [1.165, 1.54) is 4.31 Å². The van der Waals surface area contributed by atoms with Gasteiger partial charge in [-0.15, -0.1) is 6.58 Å². The van der Waals surface area contributed by atoms with Crippen LogP contribution in [0.3, 0.4) is 0 Å². The molecular formula is C11H20N2O4S. The van der Waals surface area contributed by atoms with Crippen LogP contribution in [0.4, 0.5) is 4.79 Å². The normalized spacial score (nSPS) is 23.4. The molecule has 0 spiro atoms. The summed E-state index contributed by atoms with van der Waals surface area (Å²) in [6.07, 6.45) is 2.46. The number of sulfonamides is 1. The molecule has 0 unspecified atom stereocenters. The number of nitrogens with one attached hydrogen (secondary N) is 1. The van der Waals surface area contributed by atoms with Crippen LogP contribution >= 0.6 is 0 Å². The minimum absolute atomic E-state index is 0.0537. The molecule has 0 radical (unpaired) electrons. The molecule has 0 aromatic rings. The van der Waals surface area contributed by atoms with Crippen molar-refractivity contribution in [2.24, 2.45) is 5.92 Å². The second-order valence-corrected chi connectivity index (χ2v) is 6.78. The van der Waals surface area contributed by atoms with Gasteiger partial charge < -0.3 is 10.4 Å². The van der Waals surface area contributed by atoms with Crippen molar-refractivity contribution in [1.29, 1.82) is 0 Å². The van der Waals surface area contributed by atoms with Gasteiger partial charge in [-0.2, -0.15) is 0 Å². The summed E-state index contributed by atoms with van der Waals surface area (Å²) in [5.74, 6) is 0.149. The highest BCUT2D eigenvalue weighted by atomic mass is 32.2. The molecule has 0 heterocycles. The van der Waals surface area contributed by atoms with Crippen molar-refractivity contribution in [1.82, 2.24) is 9.62 Å². The Morgan fingerprint density at radius 2 is 2.17 bits per heavy atom. The highest BCUT2D eigenvalue weighted by Gasteiger charge is 2.34. The highest BCUT2D eigenvalue weighted by molar-refractivity contribution is 7.89. The molecule has 7 heteroatoms. The number of hydrogen-bond donors (Lipinski definition) is 2. The highest BCUT2D eigenvalue weighted by Crippen LogP contribution is 2.29. The van der Waals surface area contributed by atoms with E-state index in [2.05, 4.69) is 11.9 Å². The molecule has 104 valence electrons. The molecule has 0 saturated heterocycles. The molecule has 0 aromatic heterocycles. The fourth-order valence-corrected chi connectivity index (χ4v) is 3.51. The number of amides is 1. The van der Waals surface area contributed by atoms with Gasteiger partial charge in [0.1, 0.15) is 0 Å². The number of carbonyl (C=O) groups is 1. The van der Waals surface area contributed by atoms with Crippen molar-refractivity contribution >= 4 is 16.1 Å². The van der Waals surface area contributed by atoms with Crippen LogP contribution in [0.15, 0.2) is 12.7 Å². The first-order chi connectivity index (χ1) is 8.35. The van der Waals surface area contributed by atoms with Crippen molar-refractivity contribution in [2.45, 2.75) is 25.3 Å². The number of carboxylic acid groups (broad SMARTS) is 1. The van der Waals surface area contributed by atoms with Gasteiger partial charge in [-0.1, -0.05) is 6.08 Å². The summed E-state index contributed by atoms with van der Waals surface area (Å²) in [5, 5.41) is 10.9. The predicted octanol–water partition coefficient (Wildman–Crippen LogP) is 0.870. The summed E-state index contributed by atoms with van der Waals surface area (Å²) in [6, 6.07) is -0.0961. The molecule has 6 nitrogen and oxygen atoms in total. The van der Waals surface area contributed by atoms with Crippen molar-refractivity contribution in [3.8, 4) is 0 Å². The van der Waals surface area contributed by atoms with Crippen LogP contribution in [0, 0.1) is 5.92 Å². The van der Waals surface area contributed by atoms with Crippen molar-refractivity contribution in [3.05, 3.63) is 12.7 Å². The molecule has 2 N–H and O–H groups in total. The monoisotopic (exact) mass is 276 g/mol. The quantitative estimate of drug-likeness (QED) is 0.675. The fraction of sp³-hybridized carbons (Fsp3) is 0.727. The number of nitrogens with zero attached hydrogens (tertiary/aromatic N) is 1. The van der Waals surface area contributed by atoms with Gasteiger partial charge in [-0.05, 0) is 25.2 Å². The van der Waals surface area contributed by atoms with Crippen LogP contribution in [0.2, 0.25) is 0 Å². The standard InChI is InChI=1S/C11H20N2O4S/c1-3-4-5-13(2)18(16,17)8-9-6-10(7-9)12-11(14)15/h3,9-10,12H,1,4-8H2,2H3,(H,14,15). The first-order valence-electron chi connectivity index (χ1n) is 5.89. The maximum absolute atomic E-state index is 11.9. The average Bonchev–Trinajstić information content (AvgIpc) is 2.21. The Balaban J connectivity index is 2.35. The molecule has 1 aliphatic carbocycles. The Morgan fingerprint density at radius 1 is 1.56 bits per heavy atom. The Labute approximate surface area is 108 Å². The summed E-state index contributed by atoms with van der Waals surface area (Å²) in [4.78, 5) is 10.4. The van der Waals surface area contributed by atoms with E-state index in [0.717, 1.165) is 0 Å². The first kappa shape index (κ1) is 15.0. The molecule has 1 fully saturated rings. The maximum Gasteiger partial charge on any atom is 0.404 e. The first-order valence-corrected chi connectivity index (χ1v) is 7.50. The zero-order valence-corrected chi connectivity index (χ0v) is 11.3. The van der Waals surface area contributed by atoms with Gasteiger partial charge in [0.05, 0.1) is 5.75 Å². The lowest BCUT2D eigenvalue weighted by molar-refractivity contribution is 0.170. The van der Waals surface area contributed by atoms with Crippen LogP contribution in [-0.2, 0) is 10.0 Å². The number of hydrogen-bond acceptors (Lipinski definition) is 3. The second-order valence-electron chi connectivity index (χ2n) is 4.66. The zero-order chi connectivity index (χ0) is 13.8. The van der Waals surface area contributed by atoms with E-state index in [0.29, 0.717) is 25.8 Å². The molecule has 0 atom stereocenters. The molecule has 0 bridgehead atoms. The topological polar surface area (TPSA) is 86.7 Å². The van der Waals surface area contributed by atoms with Gasteiger partial charge in [0.15, 0.2) is 0 Å². The van der Waals surface area contributed by atoms with E-state index >= 15 is 0 Å². The SMILES string of the molecule is C=CCCN(C)S(=O)(=O)CC1CC(NC(=O)O)C1. The second kappa shape index (κ2) is 6.19. The lowest BCUT2D eigenvalue weighted by Crippen LogP contribution is -2.47. The third-order valence-electron chi connectivity index (χ3n) is 3.13. The van der Waals surface area contributed by atoms with E-state index < -0.39 is 16.1 Å². The van der Waals surface area contributed by atoms with Gasteiger partial charge in [0.2, 0.25) is 10.0 Å². The van der Waals surface area contributed by atoms with E-state index in [-0.39, 0.29) is 17.7 Å². The van der Waals surface area contributed by atoms with Gasteiger partial charge in [-0.25, -0.2) is 17.5 Å². The van der Waals surface area contributed by atoms with Crippen molar-refractivity contribution < 1.29 is 18.3 Å². The Morgan fingerprint density at radius 3 is 2.67 bits per heavy atom. The third kappa shape index (κ3) is 4.30. The molecule has 18 heavy (non-hydrogen) atoms.